The number of rotatable bonds is 9. The monoisotopic (exact) mass is 567 g/mol. The van der Waals surface area contributed by atoms with E-state index in [1.54, 1.807) is 69.3 Å². The lowest BCUT2D eigenvalue weighted by Gasteiger charge is -2.39. The molecule has 8 nitrogen and oxygen atoms in total. The van der Waals surface area contributed by atoms with E-state index in [1.165, 1.54) is 12.1 Å². The fourth-order valence-electron chi connectivity index (χ4n) is 4.45. The molecule has 1 heterocycles. The van der Waals surface area contributed by atoms with Crippen LogP contribution in [0.25, 0.3) is 11.1 Å². The van der Waals surface area contributed by atoms with E-state index in [4.69, 9.17) is 16.3 Å². The molecule has 3 aromatic rings. The van der Waals surface area contributed by atoms with Gasteiger partial charge in [0.1, 0.15) is 11.8 Å². The van der Waals surface area contributed by atoms with Crippen molar-refractivity contribution in [3.8, 4) is 11.1 Å². The van der Waals surface area contributed by atoms with E-state index in [-0.39, 0.29) is 36.1 Å². The molecule has 2 unspecified atom stereocenters. The molecule has 1 aliphatic heterocycles. The zero-order chi connectivity index (χ0) is 28.3. The van der Waals surface area contributed by atoms with Gasteiger partial charge in [0, 0.05) is 22.7 Å². The van der Waals surface area contributed by atoms with E-state index in [1.807, 2.05) is 12.1 Å². The van der Waals surface area contributed by atoms with Gasteiger partial charge >= 0.3 is 5.97 Å². The zero-order valence-electron chi connectivity index (χ0n) is 21.8. The molecule has 0 spiro atoms. The summed E-state index contributed by atoms with van der Waals surface area (Å²) in [5, 5.41) is 0.596. The molecule has 204 valence electrons. The van der Waals surface area contributed by atoms with Crippen LogP contribution in [0.2, 0.25) is 5.02 Å². The number of esters is 1. The van der Waals surface area contributed by atoms with Gasteiger partial charge in [-0.25, -0.2) is 0 Å². The summed E-state index contributed by atoms with van der Waals surface area (Å²) < 4.78 is 31.6. The molecule has 1 aliphatic rings. The van der Waals surface area contributed by atoms with Crippen molar-refractivity contribution in [2.24, 2.45) is 0 Å². The average Bonchev–Trinajstić information content (AvgIpc) is 3.13. The Balaban J connectivity index is 1.66. The Morgan fingerprint density at radius 1 is 0.949 bits per heavy atom. The molecule has 0 saturated carbocycles. The van der Waals surface area contributed by atoms with Gasteiger partial charge in [0.15, 0.2) is 0 Å². The first-order chi connectivity index (χ1) is 18.5. The van der Waals surface area contributed by atoms with Crippen molar-refractivity contribution in [3.63, 3.8) is 0 Å². The first-order valence-corrected chi connectivity index (χ1v) is 13.8. The maximum absolute atomic E-state index is 13.3. The van der Waals surface area contributed by atoms with Crippen LogP contribution in [0.4, 0.5) is 5.69 Å². The normalized spacial score (nSPS) is 14.6. The van der Waals surface area contributed by atoms with Crippen molar-refractivity contribution in [1.82, 2.24) is 4.90 Å². The van der Waals surface area contributed by atoms with Gasteiger partial charge < -0.3 is 9.29 Å². The Labute approximate surface area is 234 Å². The van der Waals surface area contributed by atoms with Gasteiger partial charge in [0.25, 0.3) is 11.8 Å². The number of benzene rings is 3. The van der Waals surface area contributed by atoms with Crippen LogP contribution >= 0.6 is 11.6 Å². The predicted octanol–water partition coefficient (Wildman–Crippen LogP) is 5.74. The number of halogens is 1. The minimum Gasteiger partial charge on any atom is -0.755 e. The van der Waals surface area contributed by atoms with Crippen LogP contribution in [-0.4, -0.2) is 43.2 Å². The predicted molar refractivity (Wildman–Crippen MR) is 149 cm³/mol. The van der Waals surface area contributed by atoms with Gasteiger partial charge in [-0.1, -0.05) is 48.0 Å². The molecule has 0 N–H and O–H groups in total. The molecular weight excluding hydrogens is 540 g/mol. The van der Waals surface area contributed by atoms with Crippen LogP contribution in [0.3, 0.4) is 0 Å². The van der Waals surface area contributed by atoms with Gasteiger partial charge in [0.2, 0.25) is 0 Å². The molecular formula is C29H28ClN2O6S-. The number of carbonyl (C=O) groups excluding carboxylic acids is 3. The highest BCUT2D eigenvalue weighted by Gasteiger charge is 2.42. The molecule has 10 heteroatoms. The lowest BCUT2D eigenvalue weighted by Crippen LogP contribution is -2.52. The van der Waals surface area contributed by atoms with Crippen molar-refractivity contribution in [2.45, 2.75) is 51.8 Å². The Hall–Kier alpha value is -3.53. The van der Waals surface area contributed by atoms with Gasteiger partial charge in [-0.2, -0.15) is 0 Å². The first-order valence-electron chi connectivity index (χ1n) is 12.4. The van der Waals surface area contributed by atoms with Crippen LogP contribution in [0.5, 0.6) is 0 Å². The molecule has 0 aliphatic carbocycles. The number of fused-ring (bicyclic) bond motifs is 1. The number of hydrogen-bond donors (Lipinski definition) is 0. The highest BCUT2D eigenvalue weighted by Crippen LogP contribution is 2.32. The van der Waals surface area contributed by atoms with Crippen molar-refractivity contribution in [2.75, 3.05) is 4.31 Å². The fourth-order valence-corrected chi connectivity index (χ4v) is 5.27. The summed E-state index contributed by atoms with van der Waals surface area (Å²) in [5.41, 5.74) is 1.71. The highest BCUT2D eigenvalue weighted by molar-refractivity contribution is 7.80. The Morgan fingerprint density at radius 2 is 1.46 bits per heavy atom. The van der Waals surface area contributed by atoms with Crippen LogP contribution in [-0.2, 0) is 20.8 Å². The summed E-state index contributed by atoms with van der Waals surface area (Å²) >= 11 is 3.13. The van der Waals surface area contributed by atoms with E-state index >= 15 is 0 Å². The quantitative estimate of drug-likeness (QED) is 0.185. The Bertz CT molecular complexity index is 1370. The van der Waals surface area contributed by atoms with Crippen molar-refractivity contribution < 1.29 is 27.9 Å². The number of nitrogens with zero attached hydrogens (tertiary/aromatic N) is 2. The molecule has 2 atom stereocenters. The Morgan fingerprint density at radius 3 is 1.95 bits per heavy atom. The minimum atomic E-state index is -2.86. The zero-order valence-corrected chi connectivity index (χ0v) is 23.3. The van der Waals surface area contributed by atoms with Gasteiger partial charge in [-0.05, 0) is 81.1 Å². The maximum atomic E-state index is 13.3. The standard InChI is InChI=1S/C29H29ClN2O6S/c1-29(2,3)38-26(33)10-6-9-25(31-27(34)23-7-4-5-8-24(23)28(31)35)32(39(36)37)22-17-13-20(14-18-22)19-11-15-21(30)16-12-19/h4-5,7-8,11-18,25H,6,9-10H2,1-3H3,(H,36,37)/p-1. The molecule has 2 amide bonds. The number of amides is 2. The number of hydrogen-bond acceptors (Lipinski definition) is 6. The molecule has 4 rings (SSSR count). The molecule has 0 radical (unpaired) electrons. The third-order valence-electron chi connectivity index (χ3n) is 6.12. The van der Waals surface area contributed by atoms with E-state index in [2.05, 4.69) is 0 Å². The number of carbonyl (C=O) groups is 3. The van der Waals surface area contributed by atoms with Crippen LogP contribution in [0.1, 0.15) is 60.7 Å². The largest absolute Gasteiger partial charge is 0.755 e. The summed E-state index contributed by atoms with van der Waals surface area (Å²) in [6.45, 7) is 5.26. The molecule has 3 aromatic carbocycles. The van der Waals surface area contributed by atoms with Crippen LogP contribution < -0.4 is 4.31 Å². The third kappa shape index (κ3) is 6.55. The SMILES string of the molecule is CC(C)(C)OC(=O)CCCC(N1C(=O)c2ccccc2C1=O)N(c1ccc(-c2ccc(Cl)cc2)cc1)S(=O)[O-]. The van der Waals surface area contributed by atoms with Gasteiger partial charge in [-0.15, -0.1) is 0 Å². The van der Waals surface area contributed by atoms with Gasteiger partial charge in [0.05, 0.1) is 16.8 Å². The smallest absolute Gasteiger partial charge is 0.306 e. The molecule has 0 fully saturated rings. The average molecular weight is 568 g/mol. The maximum Gasteiger partial charge on any atom is 0.306 e. The fraction of sp³-hybridized carbons (Fsp3) is 0.276. The van der Waals surface area contributed by atoms with Crippen LogP contribution in [0.15, 0.2) is 72.8 Å². The number of anilines is 1. The van der Waals surface area contributed by atoms with Gasteiger partial charge in [-0.3, -0.25) is 27.8 Å². The topological polar surface area (TPSA) is 107 Å². The number of imide groups is 1. The molecule has 0 aromatic heterocycles. The second-order valence-electron chi connectivity index (χ2n) is 10.1. The third-order valence-corrected chi connectivity index (χ3v) is 7.14. The summed E-state index contributed by atoms with van der Waals surface area (Å²) in [7, 11) is 0. The van der Waals surface area contributed by atoms with Crippen LogP contribution in [0, 0.1) is 0 Å². The summed E-state index contributed by atoms with van der Waals surface area (Å²) in [5.74, 6) is -1.64. The summed E-state index contributed by atoms with van der Waals surface area (Å²) in [4.78, 5) is 39.9. The Kier molecular flexibility index (Phi) is 8.54. The molecule has 0 saturated heterocycles. The van der Waals surface area contributed by atoms with E-state index < -0.39 is 40.8 Å². The second-order valence-corrected chi connectivity index (χ2v) is 11.3. The van der Waals surface area contributed by atoms with Crippen molar-refractivity contribution in [3.05, 3.63) is 88.9 Å². The number of ether oxygens (including phenoxy) is 1. The van der Waals surface area contributed by atoms with Crippen molar-refractivity contribution >= 4 is 46.3 Å². The van der Waals surface area contributed by atoms with E-state index in [0.717, 1.165) is 20.3 Å². The first kappa shape index (κ1) is 28.5. The van der Waals surface area contributed by atoms with Crippen molar-refractivity contribution in [1.29, 1.82) is 0 Å². The second kappa shape index (κ2) is 11.7. The lowest BCUT2D eigenvalue weighted by atomic mass is 10.1. The summed E-state index contributed by atoms with van der Waals surface area (Å²) in [6, 6.07) is 20.3. The van der Waals surface area contributed by atoms with E-state index in [9.17, 15) is 23.1 Å². The highest BCUT2D eigenvalue weighted by atomic mass is 35.5. The lowest BCUT2D eigenvalue weighted by molar-refractivity contribution is -0.154. The molecule has 39 heavy (non-hydrogen) atoms. The summed E-state index contributed by atoms with van der Waals surface area (Å²) in [6.07, 6.45) is -0.994. The van der Waals surface area contributed by atoms with E-state index in [0.29, 0.717) is 5.02 Å². The minimum absolute atomic E-state index is 0.00816. The molecule has 0 bridgehead atoms.